The molecular weight excluding hydrogens is 414 g/mol. The van der Waals surface area contributed by atoms with E-state index in [2.05, 4.69) is 9.72 Å². The number of thiophene rings is 1. The van der Waals surface area contributed by atoms with E-state index in [4.69, 9.17) is 11.6 Å². The first-order chi connectivity index (χ1) is 12.8. The van der Waals surface area contributed by atoms with Crippen molar-refractivity contribution in [3.8, 4) is 0 Å². The average Bonchev–Trinajstić information content (AvgIpc) is 3.14. The maximum Gasteiger partial charge on any atom is 0.356 e. The number of rotatable bonds is 4. The number of amides is 1. The van der Waals surface area contributed by atoms with Crippen LogP contribution in [-0.4, -0.2) is 67.8 Å². The lowest BCUT2D eigenvalue weighted by molar-refractivity contribution is 0.0593. The zero-order valence-corrected chi connectivity index (χ0v) is 16.7. The largest absolute Gasteiger partial charge is 0.464 e. The molecule has 0 N–H and O–H groups in total. The van der Waals surface area contributed by atoms with Crippen LogP contribution in [-0.2, 0) is 14.8 Å². The molecule has 0 spiro atoms. The predicted octanol–water partition coefficient (Wildman–Crippen LogP) is 1.73. The van der Waals surface area contributed by atoms with Crippen LogP contribution >= 0.6 is 22.9 Å². The highest BCUT2D eigenvalue weighted by molar-refractivity contribution is 7.91. The molecule has 8 nitrogen and oxygen atoms in total. The molecule has 0 aromatic carbocycles. The minimum atomic E-state index is -3.62. The van der Waals surface area contributed by atoms with Crippen LogP contribution in [0.5, 0.6) is 0 Å². The molecule has 0 bridgehead atoms. The highest BCUT2D eigenvalue weighted by atomic mass is 35.5. The van der Waals surface area contributed by atoms with Gasteiger partial charge in [0.2, 0.25) is 0 Å². The summed E-state index contributed by atoms with van der Waals surface area (Å²) in [6.45, 7) is 0.781. The van der Waals surface area contributed by atoms with Crippen LogP contribution < -0.4 is 0 Å². The van der Waals surface area contributed by atoms with E-state index in [1.807, 2.05) is 0 Å². The standard InChI is InChI=1S/C16H16ClN3O5S2/c1-25-16(22)12-4-2-3-11(18-12)15(21)19-7-9-20(10-8-19)27(23,24)14-6-5-13(17)26-14/h2-6H,7-10H2,1H3. The van der Waals surface area contributed by atoms with E-state index < -0.39 is 16.0 Å². The summed E-state index contributed by atoms with van der Waals surface area (Å²) < 4.78 is 31.7. The first-order valence-corrected chi connectivity index (χ1v) is 10.6. The molecule has 0 aliphatic carbocycles. The van der Waals surface area contributed by atoms with E-state index in [9.17, 15) is 18.0 Å². The SMILES string of the molecule is COC(=O)c1cccc(C(=O)N2CCN(S(=O)(=O)c3ccc(Cl)s3)CC2)n1. The van der Waals surface area contributed by atoms with Gasteiger partial charge in [-0.2, -0.15) is 4.31 Å². The maximum atomic E-state index is 12.6. The Kier molecular flexibility index (Phi) is 5.80. The van der Waals surface area contributed by atoms with E-state index in [0.717, 1.165) is 11.3 Å². The zero-order valence-electron chi connectivity index (χ0n) is 14.3. The van der Waals surface area contributed by atoms with E-state index in [1.54, 1.807) is 12.1 Å². The molecule has 1 aliphatic rings. The summed E-state index contributed by atoms with van der Waals surface area (Å²) in [5.74, 6) is -0.993. The number of halogens is 1. The van der Waals surface area contributed by atoms with Gasteiger partial charge in [0.05, 0.1) is 11.4 Å². The number of carbonyl (C=O) groups is 2. The van der Waals surface area contributed by atoms with Crippen molar-refractivity contribution in [1.29, 1.82) is 0 Å². The molecule has 27 heavy (non-hydrogen) atoms. The number of hydrogen-bond acceptors (Lipinski definition) is 7. The summed E-state index contributed by atoms with van der Waals surface area (Å²) in [6.07, 6.45) is 0. The number of carbonyl (C=O) groups excluding carboxylic acids is 2. The summed E-state index contributed by atoms with van der Waals surface area (Å²) >= 11 is 6.83. The van der Waals surface area contributed by atoms with E-state index >= 15 is 0 Å². The molecule has 0 unspecified atom stereocenters. The molecule has 2 aromatic heterocycles. The lowest BCUT2D eigenvalue weighted by atomic mass is 10.2. The van der Waals surface area contributed by atoms with Crippen LogP contribution in [0.4, 0.5) is 0 Å². The normalized spacial score (nSPS) is 15.6. The minimum absolute atomic E-state index is 0.0409. The molecule has 3 rings (SSSR count). The summed E-state index contributed by atoms with van der Waals surface area (Å²) in [4.78, 5) is 29.7. The lowest BCUT2D eigenvalue weighted by Crippen LogP contribution is -2.50. The molecule has 11 heteroatoms. The van der Waals surface area contributed by atoms with Gasteiger partial charge in [-0.15, -0.1) is 11.3 Å². The van der Waals surface area contributed by atoms with E-state index in [-0.39, 0.29) is 47.7 Å². The topological polar surface area (TPSA) is 96.9 Å². The Bertz CT molecular complexity index is 968. The average molecular weight is 430 g/mol. The molecule has 1 fully saturated rings. The first-order valence-electron chi connectivity index (χ1n) is 7.93. The van der Waals surface area contributed by atoms with Gasteiger partial charge in [-0.1, -0.05) is 17.7 Å². The Morgan fingerprint density at radius 1 is 1.11 bits per heavy atom. The number of nitrogens with zero attached hydrogens (tertiary/aromatic N) is 3. The van der Waals surface area contributed by atoms with Gasteiger partial charge in [0.1, 0.15) is 15.6 Å². The van der Waals surface area contributed by atoms with Gasteiger partial charge in [0, 0.05) is 26.2 Å². The van der Waals surface area contributed by atoms with Crippen molar-refractivity contribution >= 4 is 44.8 Å². The smallest absolute Gasteiger partial charge is 0.356 e. The van der Waals surface area contributed by atoms with Crippen molar-refractivity contribution in [3.05, 3.63) is 46.1 Å². The third-order valence-corrected chi connectivity index (χ3v) is 7.63. The number of aromatic nitrogens is 1. The van der Waals surface area contributed by atoms with Crippen LogP contribution in [0.2, 0.25) is 4.34 Å². The highest BCUT2D eigenvalue weighted by Crippen LogP contribution is 2.28. The van der Waals surface area contributed by atoms with Crippen molar-refractivity contribution < 1.29 is 22.7 Å². The fraction of sp³-hybridized carbons (Fsp3) is 0.312. The third-order valence-electron chi connectivity index (χ3n) is 4.03. The van der Waals surface area contributed by atoms with Crippen LogP contribution in [0.15, 0.2) is 34.5 Å². The van der Waals surface area contributed by atoms with Crippen LogP contribution in [0.1, 0.15) is 21.0 Å². The summed E-state index contributed by atoms with van der Waals surface area (Å²) in [5, 5.41) is 0. The second-order valence-electron chi connectivity index (χ2n) is 5.65. The van der Waals surface area contributed by atoms with E-state index in [0.29, 0.717) is 4.34 Å². The molecule has 1 saturated heterocycles. The number of sulfonamides is 1. The Morgan fingerprint density at radius 2 is 1.78 bits per heavy atom. The van der Waals surface area contributed by atoms with Gasteiger partial charge in [-0.05, 0) is 24.3 Å². The minimum Gasteiger partial charge on any atom is -0.464 e. The predicted molar refractivity (Wildman–Crippen MR) is 99.6 cm³/mol. The molecule has 0 saturated carbocycles. The molecule has 2 aromatic rings. The lowest BCUT2D eigenvalue weighted by Gasteiger charge is -2.33. The van der Waals surface area contributed by atoms with Crippen molar-refractivity contribution in [2.75, 3.05) is 33.3 Å². The molecule has 1 aliphatic heterocycles. The number of methoxy groups -OCH3 is 1. The molecule has 0 radical (unpaired) electrons. The molecule has 1 amide bonds. The van der Waals surface area contributed by atoms with Gasteiger partial charge < -0.3 is 9.64 Å². The fourth-order valence-corrected chi connectivity index (χ4v) is 5.69. The highest BCUT2D eigenvalue weighted by Gasteiger charge is 2.31. The Morgan fingerprint density at radius 3 is 2.37 bits per heavy atom. The zero-order chi connectivity index (χ0) is 19.6. The Hall–Kier alpha value is -2.01. The monoisotopic (exact) mass is 429 g/mol. The second-order valence-corrected chi connectivity index (χ2v) is 9.53. The van der Waals surface area contributed by atoms with E-state index in [1.165, 1.54) is 34.5 Å². The number of ether oxygens (including phenoxy) is 1. The van der Waals surface area contributed by atoms with Gasteiger partial charge >= 0.3 is 5.97 Å². The number of pyridine rings is 1. The van der Waals surface area contributed by atoms with Crippen molar-refractivity contribution in [3.63, 3.8) is 0 Å². The van der Waals surface area contributed by atoms with Gasteiger partial charge in [0.25, 0.3) is 15.9 Å². The molecule has 144 valence electrons. The summed E-state index contributed by atoms with van der Waals surface area (Å²) in [5.41, 5.74) is 0.151. The van der Waals surface area contributed by atoms with Gasteiger partial charge in [-0.25, -0.2) is 18.2 Å². The fourth-order valence-electron chi connectivity index (χ4n) is 2.63. The number of hydrogen-bond donors (Lipinski definition) is 0. The van der Waals surface area contributed by atoms with Gasteiger partial charge in [0.15, 0.2) is 0 Å². The molecular formula is C16H16ClN3O5S2. The van der Waals surface area contributed by atoms with Crippen molar-refractivity contribution in [1.82, 2.24) is 14.2 Å². The van der Waals surface area contributed by atoms with Crippen LogP contribution in [0, 0.1) is 0 Å². The van der Waals surface area contributed by atoms with Crippen molar-refractivity contribution in [2.24, 2.45) is 0 Å². The quantitative estimate of drug-likeness (QED) is 0.686. The first kappa shape index (κ1) is 19.7. The molecule has 0 atom stereocenters. The van der Waals surface area contributed by atoms with Crippen LogP contribution in [0.3, 0.4) is 0 Å². The molecule has 3 heterocycles. The van der Waals surface area contributed by atoms with Gasteiger partial charge in [-0.3, -0.25) is 4.79 Å². The van der Waals surface area contributed by atoms with Crippen LogP contribution in [0.25, 0.3) is 0 Å². The summed E-state index contributed by atoms with van der Waals surface area (Å²) in [6, 6.07) is 7.53. The van der Waals surface area contributed by atoms with Crippen molar-refractivity contribution in [2.45, 2.75) is 4.21 Å². The second kappa shape index (κ2) is 7.93. The Balaban J connectivity index is 1.69. The Labute approximate surface area is 165 Å². The maximum absolute atomic E-state index is 12.6. The third kappa shape index (κ3) is 4.13. The summed E-state index contributed by atoms with van der Waals surface area (Å²) in [7, 11) is -2.39. The number of esters is 1. The number of piperazine rings is 1.